The van der Waals surface area contributed by atoms with Crippen molar-refractivity contribution in [3.8, 4) is 0 Å². The molecule has 0 aliphatic carbocycles. The number of anilines is 2. The fourth-order valence-corrected chi connectivity index (χ4v) is 3.73. The fourth-order valence-electron chi connectivity index (χ4n) is 3.73. The van der Waals surface area contributed by atoms with Gasteiger partial charge in [-0.15, -0.1) is 0 Å². The number of likely N-dealkylation sites (N-methyl/N-ethyl adjacent to an activating group) is 1. The van der Waals surface area contributed by atoms with Crippen LogP contribution in [0.2, 0.25) is 0 Å². The van der Waals surface area contributed by atoms with E-state index >= 15 is 0 Å². The number of methoxy groups -OCH3 is 1. The molecule has 1 aliphatic heterocycles. The van der Waals surface area contributed by atoms with Crippen LogP contribution in [0.5, 0.6) is 0 Å². The third-order valence-electron chi connectivity index (χ3n) is 5.58. The SMILES string of the molecule is COC(=O)c1ccc2c(c1)NC(=O)C2=C(Nc1ccc(CC(=O)N(C)C)cc1)c1ccccc1. The number of amides is 2. The van der Waals surface area contributed by atoms with Crippen molar-refractivity contribution in [2.24, 2.45) is 0 Å². The maximum atomic E-state index is 13.1. The van der Waals surface area contributed by atoms with Gasteiger partial charge in [0.05, 0.1) is 36.1 Å². The lowest BCUT2D eigenvalue weighted by Gasteiger charge is -2.15. The summed E-state index contributed by atoms with van der Waals surface area (Å²) in [7, 11) is 4.78. The second kappa shape index (κ2) is 9.62. The van der Waals surface area contributed by atoms with Gasteiger partial charge in [0, 0.05) is 25.3 Å². The summed E-state index contributed by atoms with van der Waals surface area (Å²) in [4.78, 5) is 38.5. The summed E-state index contributed by atoms with van der Waals surface area (Å²) in [6.07, 6.45) is 0.318. The Hall–Kier alpha value is -4.39. The van der Waals surface area contributed by atoms with E-state index < -0.39 is 5.97 Å². The predicted molar refractivity (Wildman–Crippen MR) is 132 cm³/mol. The Bertz CT molecular complexity index is 1280. The first-order chi connectivity index (χ1) is 16.4. The van der Waals surface area contributed by atoms with E-state index in [2.05, 4.69) is 10.6 Å². The number of nitrogens with one attached hydrogen (secondary N) is 2. The van der Waals surface area contributed by atoms with E-state index in [-0.39, 0.29) is 11.8 Å². The molecule has 1 heterocycles. The van der Waals surface area contributed by atoms with Gasteiger partial charge in [0.25, 0.3) is 5.91 Å². The quantitative estimate of drug-likeness (QED) is 0.433. The number of rotatable bonds is 6. The molecule has 172 valence electrons. The standard InChI is InChI=1S/C27H25N3O4/c1-30(2)23(31)15-17-9-12-20(13-10-17)28-25(18-7-5-4-6-8-18)24-21-14-11-19(27(33)34-3)16-22(21)29-26(24)32/h4-14,16,28H,15H2,1-3H3,(H,29,32). The van der Waals surface area contributed by atoms with Gasteiger partial charge in [0.1, 0.15) is 0 Å². The molecule has 3 aromatic rings. The number of fused-ring (bicyclic) bond motifs is 1. The van der Waals surface area contributed by atoms with Crippen LogP contribution in [0.25, 0.3) is 11.3 Å². The Morgan fingerprint density at radius 1 is 0.941 bits per heavy atom. The van der Waals surface area contributed by atoms with Crippen molar-refractivity contribution < 1.29 is 19.1 Å². The van der Waals surface area contributed by atoms with Crippen LogP contribution in [0.15, 0.2) is 72.8 Å². The van der Waals surface area contributed by atoms with Gasteiger partial charge in [-0.2, -0.15) is 0 Å². The van der Waals surface area contributed by atoms with Crippen LogP contribution in [-0.4, -0.2) is 43.9 Å². The number of hydrogen-bond acceptors (Lipinski definition) is 5. The Morgan fingerprint density at radius 2 is 1.65 bits per heavy atom. The molecule has 0 aromatic heterocycles. The highest BCUT2D eigenvalue weighted by atomic mass is 16.5. The van der Waals surface area contributed by atoms with Crippen molar-refractivity contribution in [3.05, 3.63) is 95.1 Å². The molecule has 4 rings (SSSR count). The van der Waals surface area contributed by atoms with Gasteiger partial charge in [-0.3, -0.25) is 9.59 Å². The van der Waals surface area contributed by atoms with Crippen molar-refractivity contribution in [2.75, 3.05) is 31.8 Å². The molecule has 0 unspecified atom stereocenters. The van der Waals surface area contributed by atoms with Crippen LogP contribution in [0.1, 0.15) is 27.0 Å². The van der Waals surface area contributed by atoms with E-state index in [1.165, 1.54) is 7.11 Å². The lowest BCUT2D eigenvalue weighted by Crippen LogP contribution is -2.23. The summed E-state index contributed by atoms with van der Waals surface area (Å²) < 4.78 is 4.79. The molecule has 34 heavy (non-hydrogen) atoms. The molecule has 0 bridgehead atoms. The average Bonchev–Trinajstić information content (AvgIpc) is 3.18. The zero-order valence-electron chi connectivity index (χ0n) is 19.2. The van der Waals surface area contributed by atoms with Crippen LogP contribution >= 0.6 is 0 Å². The minimum absolute atomic E-state index is 0.0263. The number of ether oxygens (including phenoxy) is 1. The maximum Gasteiger partial charge on any atom is 0.337 e. The molecule has 0 atom stereocenters. The van der Waals surface area contributed by atoms with Crippen LogP contribution < -0.4 is 10.6 Å². The lowest BCUT2D eigenvalue weighted by molar-refractivity contribution is -0.128. The van der Waals surface area contributed by atoms with Gasteiger partial charge >= 0.3 is 5.97 Å². The summed E-state index contributed by atoms with van der Waals surface area (Å²) in [5.74, 6) is -0.710. The van der Waals surface area contributed by atoms with Crippen molar-refractivity contribution in [1.29, 1.82) is 0 Å². The lowest BCUT2D eigenvalue weighted by atomic mass is 9.99. The molecule has 0 spiro atoms. The molecule has 0 saturated heterocycles. The summed E-state index contributed by atoms with van der Waals surface area (Å²) in [6.45, 7) is 0. The van der Waals surface area contributed by atoms with Crippen molar-refractivity contribution in [3.63, 3.8) is 0 Å². The molecule has 2 amide bonds. The third-order valence-corrected chi connectivity index (χ3v) is 5.58. The van der Waals surface area contributed by atoms with Crippen LogP contribution in [0.4, 0.5) is 11.4 Å². The van der Waals surface area contributed by atoms with E-state index in [0.29, 0.717) is 34.5 Å². The third kappa shape index (κ3) is 4.68. The van der Waals surface area contributed by atoms with Gasteiger partial charge in [-0.05, 0) is 35.4 Å². The molecule has 2 N–H and O–H groups in total. The zero-order valence-corrected chi connectivity index (χ0v) is 19.2. The molecular formula is C27H25N3O4. The predicted octanol–water partition coefficient (Wildman–Crippen LogP) is 4.04. The van der Waals surface area contributed by atoms with E-state index in [1.54, 1.807) is 37.2 Å². The van der Waals surface area contributed by atoms with Gasteiger partial charge < -0.3 is 20.3 Å². The van der Waals surface area contributed by atoms with Crippen LogP contribution in [-0.2, 0) is 20.7 Å². The van der Waals surface area contributed by atoms with Crippen LogP contribution in [0.3, 0.4) is 0 Å². The Balaban J connectivity index is 1.73. The summed E-state index contributed by atoms with van der Waals surface area (Å²) in [6, 6.07) is 22.1. The normalized spacial score (nSPS) is 13.6. The second-order valence-corrected chi connectivity index (χ2v) is 8.11. The molecule has 0 fully saturated rings. The molecule has 3 aromatic carbocycles. The topological polar surface area (TPSA) is 87.7 Å². The smallest absolute Gasteiger partial charge is 0.337 e. The average molecular weight is 456 g/mol. The Kier molecular flexibility index (Phi) is 6.45. The van der Waals surface area contributed by atoms with Gasteiger partial charge in [-0.25, -0.2) is 4.79 Å². The second-order valence-electron chi connectivity index (χ2n) is 8.11. The minimum atomic E-state index is -0.469. The first kappa shape index (κ1) is 22.8. The molecule has 7 heteroatoms. The maximum absolute atomic E-state index is 13.1. The van der Waals surface area contributed by atoms with Crippen LogP contribution in [0, 0.1) is 0 Å². The highest BCUT2D eigenvalue weighted by Crippen LogP contribution is 2.38. The Morgan fingerprint density at radius 3 is 2.29 bits per heavy atom. The Labute approximate surface area is 198 Å². The van der Waals surface area contributed by atoms with Gasteiger partial charge in [0.2, 0.25) is 5.91 Å². The number of carbonyl (C=O) groups excluding carboxylic acids is 3. The van der Waals surface area contributed by atoms with Gasteiger partial charge in [0.15, 0.2) is 0 Å². The number of esters is 1. The number of hydrogen-bond donors (Lipinski definition) is 2. The van der Waals surface area contributed by atoms with Crippen molar-refractivity contribution in [1.82, 2.24) is 4.90 Å². The highest BCUT2D eigenvalue weighted by molar-refractivity contribution is 6.37. The van der Waals surface area contributed by atoms with E-state index in [1.807, 2.05) is 54.6 Å². The number of benzene rings is 3. The zero-order chi connectivity index (χ0) is 24.2. The highest BCUT2D eigenvalue weighted by Gasteiger charge is 2.29. The fraction of sp³-hybridized carbons (Fsp3) is 0.148. The largest absolute Gasteiger partial charge is 0.465 e. The molecular weight excluding hydrogens is 430 g/mol. The summed E-state index contributed by atoms with van der Waals surface area (Å²) in [5.41, 5.74) is 5.23. The van der Waals surface area contributed by atoms with Gasteiger partial charge in [-0.1, -0.05) is 48.5 Å². The van der Waals surface area contributed by atoms with Crippen molar-refractivity contribution >= 4 is 40.4 Å². The minimum Gasteiger partial charge on any atom is -0.465 e. The van der Waals surface area contributed by atoms with E-state index in [0.717, 1.165) is 16.8 Å². The van der Waals surface area contributed by atoms with E-state index in [9.17, 15) is 14.4 Å². The first-order valence-electron chi connectivity index (χ1n) is 10.8. The molecule has 7 nitrogen and oxygen atoms in total. The number of carbonyl (C=O) groups is 3. The first-order valence-corrected chi connectivity index (χ1v) is 10.8. The molecule has 1 aliphatic rings. The molecule has 0 saturated carbocycles. The summed E-state index contributed by atoms with van der Waals surface area (Å²) in [5, 5.41) is 6.25. The van der Waals surface area contributed by atoms with E-state index in [4.69, 9.17) is 4.74 Å². The summed E-state index contributed by atoms with van der Waals surface area (Å²) >= 11 is 0. The van der Waals surface area contributed by atoms with Crippen molar-refractivity contribution in [2.45, 2.75) is 6.42 Å². The molecule has 0 radical (unpaired) electrons. The monoisotopic (exact) mass is 455 g/mol. The number of nitrogens with zero attached hydrogens (tertiary/aromatic N) is 1.